The first-order chi connectivity index (χ1) is 15.5. The lowest BCUT2D eigenvalue weighted by molar-refractivity contribution is -0.113. The largest absolute Gasteiger partial charge is 0.378 e. The smallest absolute Gasteiger partial charge is 0.262 e. The number of nitrogens with zero attached hydrogens (tertiary/aromatic N) is 3. The maximum atomic E-state index is 12.9. The number of carbonyl (C=O) groups excluding carboxylic acids is 1. The SMILES string of the molecule is C=CCn1c(SCC(=O)Nc2ccc(N3CCOCC3)cc2)nc2cc(Cl)ccc2c1=O. The van der Waals surface area contributed by atoms with Gasteiger partial charge in [0.1, 0.15) is 0 Å². The molecule has 7 nitrogen and oxygen atoms in total. The lowest BCUT2D eigenvalue weighted by Crippen LogP contribution is -2.36. The van der Waals surface area contributed by atoms with Crippen molar-refractivity contribution in [1.29, 1.82) is 0 Å². The molecule has 2 heterocycles. The number of ether oxygens (including phenoxy) is 1. The molecule has 166 valence electrons. The molecule has 1 saturated heterocycles. The first-order valence-corrected chi connectivity index (χ1v) is 11.6. The van der Waals surface area contributed by atoms with Crippen molar-refractivity contribution in [2.45, 2.75) is 11.7 Å². The normalized spacial score (nSPS) is 13.8. The van der Waals surface area contributed by atoms with Crippen LogP contribution in [0.2, 0.25) is 5.02 Å². The van der Waals surface area contributed by atoms with Crippen LogP contribution >= 0.6 is 23.4 Å². The van der Waals surface area contributed by atoms with Gasteiger partial charge in [-0.05, 0) is 42.5 Å². The van der Waals surface area contributed by atoms with Crippen molar-refractivity contribution < 1.29 is 9.53 Å². The Morgan fingerprint density at radius 1 is 1.22 bits per heavy atom. The van der Waals surface area contributed by atoms with E-state index in [1.54, 1.807) is 24.3 Å². The standard InChI is InChI=1S/C23H23ClN4O3S/c1-2-9-28-22(30)19-8-3-16(24)14-20(19)26-23(28)32-15-21(29)25-17-4-6-18(7-5-17)27-10-12-31-13-11-27/h2-8,14H,1,9-13,15H2,(H,25,29). The highest BCUT2D eigenvalue weighted by molar-refractivity contribution is 7.99. The average Bonchev–Trinajstić information content (AvgIpc) is 2.81. The second-order valence-electron chi connectivity index (χ2n) is 7.24. The molecule has 1 aliphatic heterocycles. The van der Waals surface area contributed by atoms with E-state index in [0.717, 1.165) is 32.0 Å². The van der Waals surface area contributed by atoms with Gasteiger partial charge >= 0.3 is 0 Å². The van der Waals surface area contributed by atoms with E-state index >= 15 is 0 Å². The van der Waals surface area contributed by atoms with Gasteiger partial charge in [-0.3, -0.25) is 14.2 Å². The second kappa shape index (κ2) is 10.2. The van der Waals surface area contributed by atoms with Gasteiger partial charge in [0.25, 0.3) is 5.56 Å². The van der Waals surface area contributed by atoms with Gasteiger partial charge in [-0.25, -0.2) is 4.98 Å². The molecule has 1 amide bonds. The summed E-state index contributed by atoms with van der Waals surface area (Å²) in [5.41, 5.74) is 2.14. The predicted molar refractivity (Wildman–Crippen MR) is 130 cm³/mol. The van der Waals surface area contributed by atoms with Crippen LogP contribution in [0.25, 0.3) is 10.9 Å². The molecule has 0 aliphatic carbocycles. The minimum Gasteiger partial charge on any atom is -0.378 e. The van der Waals surface area contributed by atoms with Gasteiger partial charge in [0, 0.05) is 36.0 Å². The van der Waals surface area contributed by atoms with Crippen molar-refractivity contribution in [2.75, 3.05) is 42.3 Å². The van der Waals surface area contributed by atoms with Gasteiger partial charge in [-0.15, -0.1) is 6.58 Å². The van der Waals surface area contributed by atoms with E-state index in [1.807, 2.05) is 24.3 Å². The number of carbonyl (C=O) groups is 1. The zero-order valence-corrected chi connectivity index (χ0v) is 19.0. The van der Waals surface area contributed by atoms with Crippen LogP contribution in [0.3, 0.4) is 0 Å². The Kier molecular flexibility index (Phi) is 7.14. The molecule has 9 heteroatoms. The Morgan fingerprint density at radius 2 is 1.97 bits per heavy atom. The summed E-state index contributed by atoms with van der Waals surface area (Å²) < 4.78 is 6.89. The van der Waals surface area contributed by atoms with Crippen molar-refractivity contribution in [2.24, 2.45) is 0 Å². The number of fused-ring (bicyclic) bond motifs is 1. The van der Waals surface area contributed by atoms with Crippen LogP contribution in [0, 0.1) is 0 Å². The van der Waals surface area contributed by atoms with Crippen LogP contribution in [0.1, 0.15) is 0 Å². The van der Waals surface area contributed by atoms with Crippen molar-refractivity contribution in [3.05, 3.63) is 70.5 Å². The van der Waals surface area contributed by atoms with Crippen molar-refractivity contribution in [1.82, 2.24) is 9.55 Å². The summed E-state index contributed by atoms with van der Waals surface area (Å²) in [4.78, 5) is 32.2. The number of amides is 1. The Balaban J connectivity index is 1.44. The molecule has 0 spiro atoms. The van der Waals surface area contributed by atoms with Crippen molar-refractivity contribution >= 4 is 51.5 Å². The lowest BCUT2D eigenvalue weighted by Gasteiger charge is -2.28. The van der Waals surface area contributed by atoms with E-state index in [1.165, 1.54) is 16.3 Å². The number of nitrogens with one attached hydrogen (secondary N) is 1. The number of halogens is 1. The Hall–Kier alpha value is -2.81. The average molecular weight is 471 g/mol. The van der Waals surface area contributed by atoms with E-state index in [9.17, 15) is 9.59 Å². The third kappa shape index (κ3) is 5.15. The summed E-state index contributed by atoms with van der Waals surface area (Å²) in [6, 6.07) is 12.7. The first-order valence-electron chi connectivity index (χ1n) is 10.2. The third-order valence-corrected chi connectivity index (χ3v) is 6.27. The van der Waals surface area contributed by atoms with E-state index < -0.39 is 0 Å². The van der Waals surface area contributed by atoms with Crippen LogP contribution in [0.4, 0.5) is 11.4 Å². The predicted octanol–water partition coefficient (Wildman–Crippen LogP) is 3.80. The number of hydrogen-bond donors (Lipinski definition) is 1. The van der Waals surface area contributed by atoms with E-state index in [2.05, 4.69) is 21.8 Å². The maximum absolute atomic E-state index is 12.9. The Bertz CT molecular complexity index is 1190. The number of thioether (sulfide) groups is 1. The number of morpholine rings is 1. The molecule has 2 aromatic carbocycles. The number of rotatable bonds is 7. The summed E-state index contributed by atoms with van der Waals surface area (Å²) in [6.45, 7) is 7.19. The summed E-state index contributed by atoms with van der Waals surface area (Å²) in [6.07, 6.45) is 1.63. The molecule has 1 N–H and O–H groups in total. The van der Waals surface area contributed by atoms with Gasteiger partial charge in [0.05, 0.1) is 29.9 Å². The Labute approximate surface area is 195 Å². The fourth-order valence-corrected chi connectivity index (χ4v) is 4.45. The molecule has 0 radical (unpaired) electrons. The zero-order valence-electron chi connectivity index (χ0n) is 17.4. The summed E-state index contributed by atoms with van der Waals surface area (Å²) in [7, 11) is 0. The monoisotopic (exact) mass is 470 g/mol. The van der Waals surface area contributed by atoms with Crippen LogP contribution < -0.4 is 15.8 Å². The number of aromatic nitrogens is 2. The Morgan fingerprint density at radius 3 is 2.69 bits per heavy atom. The fraction of sp³-hybridized carbons (Fsp3) is 0.261. The molecule has 1 aromatic heterocycles. The minimum absolute atomic E-state index is 0.112. The number of anilines is 2. The highest BCUT2D eigenvalue weighted by atomic mass is 35.5. The topological polar surface area (TPSA) is 76.5 Å². The lowest BCUT2D eigenvalue weighted by atomic mass is 10.2. The van der Waals surface area contributed by atoms with Gasteiger partial charge < -0.3 is 15.0 Å². The summed E-state index contributed by atoms with van der Waals surface area (Å²) in [5.74, 6) is -0.0688. The first kappa shape index (κ1) is 22.4. The van der Waals surface area contributed by atoms with Crippen LogP contribution in [-0.4, -0.2) is 47.5 Å². The van der Waals surface area contributed by atoms with Crippen LogP contribution in [0.5, 0.6) is 0 Å². The number of benzene rings is 2. The number of hydrogen-bond acceptors (Lipinski definition) is 6. The maximum Gasteiger partial charge on any atom is 0.262 e. The van der Waals surface area contributed by atoms with Gasteiger partial charge in [-0.2, -0.15) is 0 Å². The number of allylic oxidation sites excluding steroid dienone is 1. The molecular weight excluding hydrogens is 448 g/mol. The third-order valence-electron chi connectivity index (χ3n) is 5.05. The van der Waals surface area contributed by atoms with Crippen molar-refractivity contribution in [3.63, 3.8) is 0 Å². The van der Waals surface area contributed by atoms with E-state index in [-0.39, 0.29) is 17.2 Å². The molecule has 32 heavy (non-hydrogen) atoms. The minimum atomic E-state index is -0.187. The molecule has 0 unspecified atom stereocenters. The highest BCUT2D eigenvalue weighted by Crippen LogP contribution is 2.22. The van der Waals surface area contributed by atoms with Crippen LogP contribution in [-0.2, 0) is 16.1 Å². The van der Waals surface area contributed by atoms with Gasteiger partial charge in [0.2, 0.25) is 5.91 Å². The molecule has 0 bridgehead atoms. The summed E-state index contributed by atoms with van der Waals surface area (Å²) in [5, 5.41) is 4.32. The highest BCUT2D eigenvalue weighted by Gasteiger charge is 2.14. The molecular formula is C23H23ClN4O3S. The van der Waals surface area contributed by atoms with Crippen LogP contribution in [0.15, 0.2) is 65.1 Å². The fourth-order valence-electron chi connectivity index (χ4n) is 3.48. The zero-order chi connectivity index (χ0) is 22.5. The molecule has 0 atom stereocenters. The second-order valence-corrected chi connectivity index (χ2v) is 8.62. The molecule has 0 saturated carbocycles. The summed E-state index contributed by atoms with van der Waals surface area (Å²) >= 11 is 7.26. The van der Waals surface area contributed by atoms with E-state index in [4.69, 9.17) is 16.3 Å². The molecule has 1 fully saturated rings. The molecule has 4 rings (SSSR count). The van der Waals surface area contributed by atoms with Crippen molar-refractivity contribution in [3.8, 4) is 0 Å². The molecule has 1 aliphatic rings. The van der Waals surface area contributed by atoms with Gasteiger partial charge in [-0.1, -0.05) is 29.4 Å². The quantitative estimate of drug-likeness (QED) is 0.321. The molecule has 3 aromatic rings. The van der Waals surface area contributed by atoms with Gasteiger partial charge in [0.15, 0.2) is 5.16 Å². The van der Waals surface area contributed by atoms with E-state index in [0.29, 0.717) is 33.3 Å².